The van der Waals surface area contributed by atoms with Gasteiger partial charge in [0.25, 0.3) is 0 Å². The predicted octanol–water partition coefficient (Wildman–Crippen LogP) is 0.788. The van der Waals surface area contributed by atoms with Gasteiger partial charge in [-0.1, -0.05) is 0 Å². The minimum atomic E-state index is -1.86. The van der Waals surface area contributed by atoms with Gasteiger partial charge in [-0.15, -0.1) is 0 Å². The summed E-state index contributed by atoms with van der Waals surface area (Å²) in [4.78, 5) is 0. The Bertz CT molecular complexity index is 282. The van der Waals surface area contributed by atoms with Crippen LogP contribution in [0.2, 0.25) is 5.32 Å². The van der Waals surface area contributed by atoms with Crippen LogP contribution in [-0.4, -0.2) is 13.8 Å². The molecule has 0 saturated carbocycles. The molecule has 0 radical (unpaired) electrons. The second-order valence-corrected chi connectivity index (χ2v) is 5.39. The molecule has 12 heavy (non-hydrogen) atoms. The first-order valence-electron chi connectivity index (χ1n) is 3.65. The van der Waals surface area contributed by atoms with Crippen LogP contribution in [0, 0.1) is 0 Å². The molecule has 0 saturated heterocycles. The van der Waals surface area contributed by atoms with E-state index in [9.17, 15) is 3.83 Å². The second-order valence-electron chi connectivity index (χ2n) is 2.25. The Morgan fingerprint density at radius 2 is 2.00 bits per heavy atom. The third-order valence-corrected chi connectivity index (χ3v) is 4.10. The second kappa shape index (κ2) is 4.86. The van der Waals surface area contributed by atoms with Crippen molar-refractivity contribution in [3.05, 3.63) is 42.6 Å². The van der Waals surface area contributed by atoms with Crippen molar-refractivity contribution in [2.24, 2.45) is 5.73 Å². The predicted molar refractivity (Wildman–Crippen MR) is 50.7 cm³/mol. The van der Waals surface area contributed by atoms with Gasteiger partial charge in [-0.25, -0.2) is 0 Å². The van der Waals surface area contributed by atoms with E-state index in [1.807, 2.05) is 30.3 Å². The fourth-order valence-electron chi connectivity index (χ4n) is 0.811. The van der Waals surface area contributed by atoms with Crippen molar-refractivity contribution in [3.8, 4) is 0 Å². The van der Waals surface area contributed by atoms with Gasteiger partial charge in [0, 0.05) is 0 Å². The summed E-state index contributed by atoms with van der Waals surface area (Å²) in [6, 6.07) is 9.50. The van der Waals surface area contributed by atoms with Crippen LogP contribution in [0.15, 0.2) is 42.6 Å². The van der Waals surface area contributed by atoms with Crippen LogP contribution in [0.25, 0.3) is 0 Å². The number of hydrogen-bond acceptors (Lipinski definition) is 2. The first-order valence-corrected chi connectivity index (χ1v) is 6.41. The molecule has 0 aliphatic rings. The quantitative estimate of drug-likeness (QED) is 0.777. The van der Waals surface area contributed by atoms with Gasteiger partial charge >= 0.3 is 75.8 Å². The van der Waals surface area contributed by atoms with E-state index in [4.69, 9.17) is 5.73 Å². The normalized spacial score (nSPS) is 13.3. The number of allylic oxidation sites excluding steroid dienone is 1. The average Bonchev–Trinajstić information content (AvgIpc) is 2.15. The zero-order valence-corrected chi connectivity index (χ0v) is 8.36. The van der Waals surface area contributed by atoms with Gasteiger partial charge < -0.3 is 0 Å². The van der Waals surface area contributed by atoms with Crippen molar-refractivity contribution in [2.75, 3.05) is 0 Å². The van der Waals surface area contributed by atoms with Crippen LogP contribution in [0.3, 0.4) is 0 Å². The summed E-state index contributed by atoms with van der Waals surface area (Å²) < 4.78 is 12.4. The molecule has 1 aromatic rings. The summed E-state index contributed by atoms with van der Waals surface area (Å²) in [6.45, 7) is 0. The molecule has 0 fully saturated rings. The van der Waals surface area contributed by atoms with Crippen LogP contribution < -0.4 is 10.2 Å². The fraction of sp³-hybridized carbons (Fsp3) is 0.111. The van der Waals surface area contributed by atoms with E-state index < -0.39 is 13.8 Å². The van der Waals surface area contributed by atoms with Gasteiger partial charge in [0.1, 0.15) is 0 Å². The van der Waals surface area contributed by atoms with Crippen LogP contribution in [0.4, 0.5) is 0 Å². The van der Waals surface area contributed by atoms with Crippen molar-refractivity contribution in [3.63, 3.8) is 0 Å². The zero-order valence-electron chi connectivity index (χ0n) is 6.64. The first-order chi connectivity index (χ1) is 5.84. The summed E-state index contributed by atoms with van der Waals surface area (Å²) in [6.07, 6.45) is 3.18. The molecule has 0 aromatic heterocycles. The maximum absolute atomic E-state index is 11.5. The Morgan fingerprint density at radius 3 is 2.58 bits per heavy atom. The minimum absolute atomic E-state index is 0.584. The molecule has 1 rings (SSSR count). The molecular weight excluding hydrogens is 217 g/mol. The zero-order chi connectivity index (χ0) is 8.81. The monoisotopic (exact) mass is 229 g/mol. The summed E-state index contributed by atoms with van der Waals surface area (Å²) >= 11 is -1.86. The molecule has 0 aliphatic heterocycles. The molecule has 0 heterocycles. The molecule has 2 nitrogen and oxygen atoms in total. The third-order valence-electron chi connectivity index (χ3n) is 1.39. The molecule has 1 aromatic carbocycles. The Kier molecular flexibility index (Phi) is 3.71. The first kappa shape index (κ1) is 9.17. The summed E-state index contributed by atoms with van der Waals surface area (Å²) in [7, 11) is 0. The van der Waals surface area contributed by atoms with E-state index in [1.54, 1.807) is 6.08 Å². The van der Waals surface area contributed by atoms with E-state index in [0.717, 1.165) is 4.46 Å². The van der Waals surface area contributed by atoms with Crippen molar-refractivity contribution >= 4 is 18.3 Å². The molecular formula is C9H11NOSe. The van der Waals surface area contributed by atoms with Crippen LogP contribution in [-0.2, 0) is 3.83 Å². The molecule has 1 unspecified atom stereocenters. The van der Waals surface area contributed by atoms with Crippen molar-refractivity contribution < 1.29 is 3.83 Å². The van der Waals surface area contributed by atoms with E-state index in [1.165, 1.54) is 6.20 Å². The van der Waals surface area contributed by atoms with Crippen molar-refractivity contribution in [1.29, 1.82) is 0 Å². The molecule has 0 amide bonds. The van der Waals surface area contributed by atoms with Gasteiger partial charge in [-0.2, -0.15) is 0 Å². The Balaban J connectivity index is 2.66. The van der Waals surface area contributed by atoms with Crippen molar-refractivity contribution in [2.45, 2.75) is 5.32 Å². The number of nitrogens with two attached hydrogens (primary N) is 1. The summed E-state index contributed by atoms with van der Waals surface area (Å²) in [5, 5.41) is 0.584. The standard InChI is InChI=1S/C9H11NOSe/c10-7-4-8-12(11)9-5-2-1-3-6-9/h1-7H,8,10H2. The van der Waals surface area contributed by atoms with Gasteiger partial charge in [-0.05, 0) is 0 Å². The number of rotatable bonds is 3. The fourth-order valence-corrected chi connectivity index (χ4v) is 2.78. The van der Waals surface area contributed by atoms with Gasteiger partial charge in [0.2, 0.25) is 0 Å². The third kappa shape index (κ3) is 2.61. The Morgan fingerprint density at radius 1 is 1.33 bits per heavy atom. The molecule has 0 spiro atoms. The van der Waals surface area contributed by atoms with Crippen molar-refractivity contribution in [1.82, 2.24) is 0 Å². The molecule has 0 bridgehead atoms. The SMILES string of the molecule is NC=CC[Se](=O)c1ccccc1. The van der Waals surface area contributed by atoms with E-state index in [-0.39, 0.29) is 0 Å². The molecule has 3 heteroatoms. The van der Waals surface area contributed by atoms with Crippen LogP contribution in [0.5, 0.6) is 0 Å². The summed E-state index contributed by atoms with van der Waals surface area (Å²) in [5.41, 5.74) is 5.16. The van der Waals surface area contributed by atoms with E-state index in [0.29, 0.717) is 5.32 Å². The summed E-state index contributed by atoms with van der Waals surface area (Å²) in [5.74, 6) is 0. The molecule has 2 N–H and O–H groups in total. The van der Waals surface area contributed by atoms with E-state index in [2.05, 4.69) is 0 Å². The Hall–Kier alpha value is -0.921. The maximum atomic E-state index is 11.5. The molecule has 0 aliphatic carbocycles. The van der Waals surface area contributed by atoms with Crippen LogP contribution >= 0.6 is 0 Å². The molecule has 1 atom stereocenters. The van der Waals surface area contributed by atoms with Crippen LogP contribution in [0.1, 0.15) is 0 Å². The Labute approximate surface area is 76.2 Å². The van der Waals surface area contributed by atoms with Gasteiger partial charge in [0.15, 0.2) is 0 Å². The van der Waals surface area contributed by atoms with Gasteiger partial charge in [-0.3, -0.25) is 0 Å². The topological polar surface area (TPSA) is 43.1 Å². The number of benzene rings is 1. The van der Waals surface area contributed by atoms with E-state index >= 15 is 0 Å². The molecule has 64 valence electrons. The number of hydrogen-bond donors (Lipinski definition) is 1. The van der Waals surface area contributed by atoms with Gasteiger partial charge in [0.05, 0.1) is 0 Å². The average molecular weight is 228 g/mol.